The molecule has 1 heterocycles. The van der Waals surface area contributed by atoms with Crippen LogP contribution >= 0.6 is 11.6 Å². The van der Waals surface area contributed by atoms with Crippen LogP contribution in [0.1, 0.15) is 24.4 Å². The molecule has 0 amide bonds. The standard InChI is InChI=1S/C11H12ClNO2/c12-8-3-1-7(2-4-8)9-5-6-10(13-9)11(14)15/h1-4,9-10,13H,5-6H2,(H,14,15)/t9-,10+/m0/s1. The molecule has 3 nitrogen and oxygen atoms in total. The molecule has 4 heteroatoms. The SMILES string of the molecule is O=C(O)[C@H]1CC[C@@H](c2ccc(Cl)cc2)N1. The van der Waals surface area contributed by atoms with E-state index in [4.69, 9.17) is 16.7 Å². The van der Waals surface area contributed by atoms with E-state index in [0.29, 0.717) is 11.4 Å². The fourth-order valence-electron chi connectivity index (χ4n) is 1.90. The fourth-order valence-corrected chi connectivity index (χ4v) is 2.02. The molecule has 1 fully saturated rings. The molecular weight excluding hydrogens is 214 g/mol. The molecule has 2 rings (SSSR count). The van der Waals surface area contributed by atoms with Crippen LogP contribution in [-0.4, -0.2) is 17.1 Å². The Hall–Kier alpha value is -1.06. The van der Waals surface area contributed by atoms with Gasteiger partial charge in [-0.25, -0.2) is 0 Å². The molecule has 2 atom stereocenters. The van der Waals surface area contributed by atoms with Gasteiger partial charge in [-0.15, -0.1) is 0 Å². The molecular formula is C11H12ClNO2. The normalized spacial score (nSPS) is 25.4. The molecule has 0 aliphatic carbocycles. The second-order valence-corrected chi connectivity index (χ2v) is 4.18. The van der Waals surface area contributed by atoms with Crippen molar-refractivity contribution in [2.24, 2.45) is 0 Å². The van der Waals surface area contributed by atoms with E-state index in [1.165, 1.54) is 0 Å². The predicted octanol–water partition coefficient (Wildman–Crippen LogP) is 2.22. The van der Waals surface area contributed by atoms with Gasteiger partial charge in [-0.2, -0.15) is 0 Å². The number of nitrogens with one attached hydrogen (secondary N) is 1. The smallest absolute Gasteiger partial charge is 0.320 e. The van der Waals surface area contributed by atoms with Crippen LogP contribution in [0.2, 0.25) is 5.02 Å². The zero-order valence-electron chi connectivity index (χ0n) is 8.11. The van der Waals surface area contributed by atoms with E-state index in [1.807, 2.05) is 24.3 Å². The van der Waals surface area contributed by atoms with E-state index in [9.17, 15) is 4.79 Å². The summed E-state index contributed by atoms with van der Waals surface area (Å²) in [4.78, 5) is 10.7. The number of aliphatic carboxylic acids is 1. The van der Waals surface area contributed by atoms with Gasteiger partial charge in [0.1, 0.15) is 6.04 Å². The molecule has 1 aliphatic rings. The Bertz CT molecular complexity index is 363. The number of carboxylic acid groups (broad SMARTS) is 1. The molecule has 1 saturated heterocycles. The first-order chi connectivity index (χ1) is 7.16. The van der Waals surface area contributed by atoms with Crippen LogP contribution in [-0.2, 0) is 4.79 Å². The van der Waals surface area contributed by atoms with Crippen molar-refractivity contribution in [3.05, 3.63) is 34.9 Å². The van der Waals surface area contributed by atoms with Crippen LogP contribution in [0, 0.1) is 0 Å². The monoisotopic (exact) mass is 225 g/mol. The summed E-state index contributed by atoms with van der Waals surface area (Å²) in [5.74, 6) is -0.772. The molecule has 0 aromatic heterocycles. The highest BCUT2D eigenvalue weighted by molar-refractivity contribution is 6.30. The molecule has 0 bridgehead atoms. The minimum Gasteiger partial charge on any atom is -0.480 e. The lowest BCUT2D eigenvalue weighted by atomic mass is 10.1. The Labute approximate surface area is 93.1 Å². The first kappa shape index (κ1) is 10.5. The van der Waals surface area contributed by atoms with Crippen molar-refractivity contribution in [2.45, 2.75) is 24.9 Å². The topological polar surface area (TPSA) is 49.3 Å². The molecule has 2 N–H and O–H groups in total. The van der Waals surface area contributed by atoms with Gasteiger partial charge in [-0.3, -0.25) is 10.1 Å². The summed E-state index contributed by atoms with van der Waals surface area (Å²) in [6.45, 7) is 0. The van der Waals surface area contributed by atoms with Gasteiger partial charge in [-0.05, 0) is 30.5 Å². The van der Waals surface area contributed by atoms with Crippen molar-refractivity contribution >= 4 is 17.6 Å². The molecule has 0 saturated carbocycles. The Morgan fingerprint density at radius 2 is 2.00 bits per heavy atom. The number of hydrogen-bond acceptors (Lipinski definition) is 2. The van der Waals surface area contributed by atoms with E-state index in [-0.39, 0.29) is 6.04 Å². The molecule has 15 heavy (non-hydrogen) atoms. The van der Waals surface area contributed by atoms with Crippen molar-refractivity contribution in [1.82, 2.24) is 5.32 Å². The lowest BCUT2D eigenvalue weighted by molar-refractivity contribution is -0.139. The minimum atomic E-state index is -0.772. The highest BCUT2D eigenvalue weighted by Crippen LogP contribution is 2.27. The summed E-state index contributed by atoms with van der Waals surface area (Å²) in [7, 11) is 0. The van der Waals surface area contributed by atoms with E-state index in [2.05, 4.69) is 5.32 Å². The minimum absolute atomic E-state index is 0.142. The summed E-state index contributed by atoms with van der Waals surface area (Å²) in [5, 5.41) is 12.6. The third-order valence-electron chi connectivity index (χ3n) is 2.72. The molecule has 0 unspecified atom stereocenters. The summed E-state index contributed by atoms with van der Waals surface area (Å²) < 4.78 is 0. The maximum absolute atomic E-state index is 10.7. The van der Waals surface area contributed by atoms with Crippen LogP contribution in [0.25, 0.3) is 0 Å². The van der Waals surface area contributed by atoms with Gasteiger partial charge in [0.2, 0.25) is 0 Å². The average molecular weight is 226 g/mol. The van der Waals surface area contributed by atoms with Crippen LogP contribution < -0.4 is 5.32 Å². The third kappa shape index (κ3) is 2.30. The zero-order valence-corrected chi connectivity index (χ0v) is 8.87. The Balaban J connectivity index is 2.07. The van der Waals surface area contributed by atoms with E-state index < -0.39 is 12.0 Å². The second kappa shape index (κ2) is 4.21. The van der Waals surface area contributed by atoms with Crippen LogP contribution in [0.15, 0.2) is 24.3 Å². The summed E-state index contributed by atoms with van der Waals surface area (Å²) >= 11 is 5.78. The average Bonchev–Trinajstić information content (AvgIpc) is 2.68. The quantitative estimate of drug-likeness (QED) is 0.812. The Morgan fingerprint density at radius 3 is 2.53 bits per heavy atom. The number of rotatable bonds is 2. The van der Waals surface area contributed by atoms with Gasteiger partial charge >= 0.3 is 5.97 Å². The van der Waals surface area contributed by atoms with Gasteiger partial charge in [0, 0.05) is 11.1 Å². The van der Waals surface area contributed by atoms with Crippen LogP contribution in [0.4, 0.5) is 0 Å². The van der Waals surface area contributed by atoms with Crippen LogP contribution in [0.5, 0.6) is 0 Å². The van der Waals surface area contributed by atoms with E-state index in [1.54, 1.807) is 0 Å². The Morgan fingerprint density at radius 1 is 1.33 bits per heavy atom. The summed E-state index contributed by atoms with van der Waals surface area (Å²) in [6.07, 6.45) is 1.54. The lowest BCUT2D eigenvalue weighted by Crippen LogP contribution is -2.31. The van der Waals surface area contributed by atoms with Gasteiger partial charge in [0.25, 0.3) is 0 Å². The largest absolute Gasteiger partial charge is 0.480 e. The number of halogens is 1. The van der Waals surface area contributed by atoms with Gasteiger partial charge in [0.05, 0.1) is 0 Å². The fraction of sp³-hybridized carbons (Fsp3) is 0.364. The van der Waals surface area contributed by atoms with Gasteiger partial charge in [0.15, 0.2) is 0 Å². The van der Waals surface area contributed by atoms with Crippen molar-refractivity contribution in [1.29, 1.82) is 0 Å². The molecule has 80 valence electrons. The maximum atomic E-state index is 10.7. The van der Waals surface area contributed by atoms with Crippen molar-refractivity contribution in [3.8, 4) is 0 Å². The third-order valence-corrected chi connectivity index (χ3v) is 2.97. The highest BCUT2D eigenvalue weighted by Gasteiger charge is 2.29. The number of benzene rings is 1. The van der Waals surface area contributed by atoms with Crippen molar-refractivity contribution < 1.29 is 9.90 Å². The first-order valence-electron chi connectivity index (χ1n) is 4.91. The first-order valence-corrected chi connectivity index (χ1v) is 5.29. The number of carbonyl (C=O) groups is 1. The van der Waals surface area contributed by atoms with Crippen LogP contribution in [0.3, 0.4) is 0 Å². The molecule has 0 radical (unpaired) electrons. The highest BCUT2D eigenvalue weighted by atomic mass is 35.5. The van der Waals surface area contributed by atoms with E-state index >= 15 is 0 Å². The molecule has 1 aliphatic heterocycles. The molecule has 1 aromatic carbocycles. The predicted molar refractivity (Wildman–Crippen MR) is 58.0 cm³/mol. The molecule has 0 spiro atoms. The zero-order chi connectivity index (χ0) is 10.8. The van der Waals surface area contributed by atoms with Crippen molar-refractivity contribution in [3.63, 3.8) is 0 Å². The maximum Gasteiger partial charge on any atom is 0.320 e. The summed E-state index contributed by atoms with van der Waals surface area (Å²) in [5.41, 5.74) is 1.10. The molecule has 1 aromatic rings. The Kier molecular flexibility index (Phi) is 2.93. The second-order valence-electron chi connectivity index (χ2n) is 3.74. The number of hydrogen-bond donors (Lipinski definition) is 2. The lowest BCUT2D eigenvalue weighted by Gasteiger charge is -2.12. The van der Waals surface area contributed by atoms with Crippen molar-refractivity contribution in [2.75, 3.05) is 0 Å². The van der Waals surface area contributed by atoms with E-state index in [0.717, 1.165) is 12.0 Å². The van der Waals surface area contributed by atoms with Gasteiger partial charge < -0.3 is 5.11 Å². The number of carboxylic acids is 1. The van der Waals surface area contributed by atoms with Gasteiger partial charge in [-0.1, -0.05) is 23.7 Å². The summed E-state index contributed by atoms with van der Waals surface area (Å²) in [6, 6.07) is 7.25.